The Balaban J connectivity index is 2.02. The summed E-state index contributed by atoms with van der Waals surface area (Å²) in [6, 6.07) is 7.52. The van der Waals surface area contributed by atoms with E-state index in [1.54, 1.807) is 6.20 Å². The van der Waals surface area contributed by atoms with Gasteiger partial charge >= 0.3 is 5.97 Å². The molecule has 0 fully saturated rings. The number of carbonyl (C=O) groups is 1. The van der Waals surface area contributed by atoms with Crippen molar-refractivity contribution in [1.82, 2.24) is 4.98 Å². The fourth-order valence-electron chi connectivity index (χ4n) is 1.83. The molecule has 1 aromatic carbocycles. The summed E-state index contributed by atoms with van der Waals surface area (Å²) >= 11 is 5.94. The molecule has 2 rings (SSSR count). The Kier molecular flexibility index (Phi) is 4.58. The van der Waals surface area contributed by atoms with Gasteiger partial charge in [-0.05, 0) is 30.7 Å². The van der Waals surface area contributed by atoms with Gasteiger partial charge in [-0.3, -0.25) is 9.78 Å². The highest BCUT2D eigenvalue weighted by Crippen LogP contribution is 2.24. The van der Waals surface area contributed by atoms with Crippen LogP contribution in [-0.2, 0) is 9.53 Å². The second-order valence-corrected chi connectivity index (χ2v) is 4.56. The number of nitrogens with one attached hydrogen (secondary N) is 1. The Bertz CT molecular complexity index is 587. The molecule has 1 heterocycles. The van der Waals surface area contributed by atoms with E-state index in [0.29, 0.717) is 18.0 Å². The molecule has 2 aromatic rings. The normalized spacial score (nSPS) is 10.4. The molecule has 5 heteroatoms. The first-order valence-electron chi connectivity index (χ1n) is 6.05. The Labute approximate surface area is 116 Å². The molecule has 0 spiro atoms. The van der Waals surface area contributed by atoms with E-state index in [1.807, 2.05) is 24.3 Å². The predicted octanol–water partition coefficient (Wildman–Crippen LogP) is 3.25. The lowest BCUT2D eigenvalue weighted by Crippen LogP contribution is -2.06. The van der Waals surface area contributed by atoms with Crippen LogP contribution in [0.25, 0.3) is 10.9 Å². The van der Waals surface area contributed by atoms with Crippen LogP contribution in [0, 0.1) is 0 Å². The number of ether oxygens (including phenoxy) is 1. The molecule has 0 saturated carbocycles. The molecule has 0 aliphatic heterocycles. The molecule has 1 aromatic heterocycles. The summed E-state index contributed by atoms with van der Waals surface area (Å²) in [5.74, 6) is -0.187. The van der Waals surface area contributed by atoms with Crippen LogP contribution >= 0.6 is 11.6 Å². The minimum atomic E-state index is -0.187. The molecule has 19 heavy (non-hydrogen) atoms. The van der Waals surface area contributed by atoms with Crippen LogP contribution in [-0.4, -0.2) is 24.6 Å². The van der Waals surface area contributed by atoms with Crippen molar-refractivity contribution in [3.63, 3.8) is 0 Å². The largest absolute Gasteiger partial charge is 0.469 e. The minimum Gasteiger partial charge on any atom is -0.469 e. The van der Waals surface area contributed by atoms with Gasteiger partial charge in [0.25, 0.3) is 0 Å². The maximum Gasteiger partial charge on any atom is 0.305 e. The molecule has 1 N–H and O–H groups in total. The average molecular weight is 279 g/mol. The molecular formula is C14H15ClN2O2. The van der Waals surface area contributed by atoms with Gasteiger partial charge < -0.3 is 10.1 Å². The van der Waals surface area contributed by atoms with Gasteiger partial charge in [0.1, 0.15) is 0 Å². The number of nitrogens with zero attached hydrogens (tertiary/aromatic N) is 1. The maximum atomic E-state index is 11.0. The zero-order valence-electron chi connectivity index (χ0n) is 10.6. The first-order valence-corrected chi connectivity index (χ1v) is 6.43. The van der Waals surface area contributed by atoms with E-state index in [-0.39, 0.29) is 5.97 Å². The zero-order chi connectivity index (χ0) is 13.7. The molecule has 4 nitrogen and oxygen atoms in total. The molecular weight excluding hydrogens is 264 g/mol. The van der Waals surface area contributed by atoms with Gasteiger partial charge in [-0.1, -0.05) is 11.6 Å². The van der Waals surface area contributed by atoms with Crippen LogP contribution in [0.1, 0.15) is 12.8 Å². The number of esters is 1. The van der Waals surface area contributed by atoms with E-state index < -0.39 is 0 Å². The minimum absolute atomic E-state index is 0.187. The summed E-state index contributed by atoms with van der Waals surface area (Å²) in [5.41, 5.74) is 1.84. The van der Waals surface area contributed by atoms with Gasteiger partial charge in [-0.15, -0.1) is 0 Å². The van der Waals surface area contributed by atoms with E-state index in [1.165, 1.54) is 7.11 Å². The topological polar surface area (TPSA) is 51.2 Å². The third kappa shape index (κ3) is 3.58. The van der Waals surface area contributed by atoms with Crippen LogP contribution < -0.4 is 5.32 Å². The lowest BCUT2D eigenvalue weighted by atomic mass is 10.2. The highest BCUT2D eigenvalue weighted by Gasteiger charge is 2.03. The van der Waals surface area contributed by atoms with Gasteiger partial charge in [0.2, 0.25) is 0 Å². The number of carbonyl (C=O) groups excluding carboxylic acids is 1. The number of benzene rings is 1. The summed E-state index contributed by atoms with van der Waals surface area (Å²) in [4.78, 5) is 15.3. The highest BCUT2D eigenvalue weighted by atomic mass is 35.5. The number of aromatic nitrogens is 1. The average Bonchev–Trinajstić information content (AvgIpc) is 2.42. The molecule has 0 aliphatic rings. The lowest BCUT2D eigenvalue weighted by Gasteiger charge is -2.09. The van der Waals surface area contributed by atoms with Gasteiger partial charge in [0.05, 0.1) is 12.6 Å². The van der Waals surface area contributed by atoms with Gasteiger partial charge in [-0.2, -0.15) is 0 Å². The Morgan fingerprint density at radius 3 is 3.05 bits per heavy atom. The maximum absolute atomic E-state index is 11.0. The number of pyridine rings is 1. The van der Waals surface area contributed by atoms with Crippen molar-refractivity contribution in [2.75, 3.05) is 19.0 Å². The standard InChI is InChI=1S/C14H15ClN2O2/c1-19-14(18)3-2-7-16-12-6-8-17-13-9-10(15)4-5-11(12)13/h4-6,8-9H,2-3,7H2,1H3,(H,16,17). The second kappa shape index (κ2) is 6.38. The Hall–Kier alpha value is -1.81. The third-order valence-corrected chi connectivity index (χ3v) is 3.04. The van der Waals surface area contributed by atoms with E-state index >= 15 is 0 Å². The first-order chi connectivity index (χ1) is 9.20. The molecule has 0 radical (unpaired) electrons. The Morgan fingerprint density at radius 1 is 1.42 bits per heavy atom. The van der Waals surface area contributed by atoms with Crippen LogP contribution in [0.3, 0.4) is 0 Å². The second-order valence-electron chi connectivity index (χ2n) is 4.13. The fraction of sp³-hybridized carbons (Fsp3) is 0.286. The quantitative estimate of drug-likeness (QED) is 0.674. The first kappa shape index (κ1) is 13.6. The van der Waals surface area contributed by atoms with Crippen LogP contribution in [0.4, 0.5) is 5.69 Å². The molecule has 0 aliphatic carbocycles. The molecule has 0 amide bonds. The van der Waals surface area contributed by atoms with Crippen molar-refractivity contribution in [2.24, 2.45) is 0 Å². The van der Waals surface area contributed by atoms with Crippen molar-refractivity contribution in [3.8, 4) is 0 Å². The number of hydrogen-bond acceptors (Lipinski definition) is 4. The number of halogens is 1. The van der Waals surface area contributed by atoms with E-state index in [4.69, 9.17) is 11.6 Å². The van der Waals surface area contributed by atoms with Crippen molar-refractivity contribution < 1.29 is 9.53 Å². The molecule has 0 unspecified atom stereocenters. The molecule has 100 valence electrons. The number of anilines is 1. The van der Waals surface area contributed by atoms with Crippen molar-refractivity contribution in [1.29, 1.82) is 0 Å². The third-order valence-electron chi connectivity index (χ3n) is 2.81. The summed E-state index contributed by atoms with van der Waals surface area (Å²) in [5, 5.41) is 4.98. The molecule has 0 atom stereocenters. The zero-order valence-corrected chi connectivity index (χ0v) is 11.4. The summed E-state index contributed by atoms with van der Waals surface area (Å²) < 4.78 is 4.59. The van der Waals surface area contributed by atoms with Gasteiger partial charge in [0.15, 0.2) is 0 Å². The number of methoxy groups -OCH3 is 1. The summed E-state index contributed by atoms with van der Waals surface area (Å²) in [6.07, 6.45) is 2.88. The van der Waals surface area contributed by atoms with Crippen molar-refractivity contribution >= 4 is 34.2 Å². The Morgan fingerprint density at radius 2 is 2.26 bits per heavy atom. The van der Waals surface area contributed by atoms with E-state index in [9.17, 15) is 4.79 Å². The monoisotopic (exact) mass is 278 g/mol. The van der Waals surface area contributed by atoms with Gasteiger partial charge in [-0.25, -0.2) is 0 Å². The van der Waals surface area contributed by atoms with Crippen molar-refractivity contribution in [3.05, 3.63) is 35.5 Å². The number of rotatable bonds is 5. The van der Waals surface area contributed by atoms with Crippen LogP contribution in [0.15, 0.2) is 30.5 Å². The van der Waals surface area contributed by atoms with E-state index in [0.717, 1.165) is 23.0 Å². The smallest absolute Gasteiger partial charge is 0.305 e. The SMILES string of the molecule is COC(=O)CCCNc1ccnc2cc(Cl)ccc12. The number of hydrogen-bond donors (Lipinski definition) is 1. The molecule has 0 saturated heterocycles. The lowest BCUT2D eigenvalue weighted by molar-refractivity contribution is -0.140. The summed E-state index contributed by atoms with van der Waals surface area (Å²) in [7, 11) is 1.40. The predicted molar refractivity (Wildman–Crippen MR) is 76.5 cm³/mol. The fourth-order valence-corrected chi connectivity index (χ4v) is 2.00. The van der Waals surface area contributed by atoms with E-state index in [2.05, 4.69) is 15.0 Å². The van der Waals surface area contributed by atoms with Crippen molar-refractivity contribution in [2.45, 2.75) is 12.8 Å². The number of fused-ring (bicyclic) bond motifs is 1. The van der Waals surface area contributed by atoms with Crippen LogP contribution in [0.5, 0.6) is 0 Å². The highest BCUT2D eigenvalue weighted by molar-refractivity contribution is 6.31. The summed E-state index contributed by atoms with van der Waals surface area (Å²) in [6.45, 7) is 0.705. The van der Waals surface area contributed by atoms with Gasteiger partial charge in [0, 0.05) is 35.3 Å². The van der Waals surface area contributed by atoms with Crippen LogP contribution in [0.2, 0.25) is 5.02 Å². The molecule has 0 bridgehead atoms.